The number of hydrogen-bond acceptors (Lipinski definition) is 5. The van der Waals surface area contributed by atoms with Gasteiger partial charge in [0.25, 0.3) is 0 Å². The monoisotopic (exact) mass is 329 g/mol. The predicted octanol–water partition coefficient (Wildman–Crippen LogP) is 2.37. The fourth-order valence-electron chi connectivity index (χ4n) is 3.30. The highest BCUT2D eigenvalue weighted by atomic mass is 16.1. The minimum Gasteiger partial charge on any atom is -0.370 e. The number of aromatic nitrogens is 2. The summed E-state index contributed by atoms with van der Waals surface area (Å²) in [6.07, 6.45) is 9.56. The standard InChI is InChI=1S/C18H27N5O/c1-15-13-17(19-8-7-16-5-3-2-4-6-16)21-18(20-15)23-11-9-22(14-24)10-12-23/h5,13-14H,2-4,6-12H2,1H3,(H,19,20,21). The summed E-state index contributed by atoms with van der Waals surface area (Å²) in [5.41, 5.74) is 2.54. The lowest BCUT2D eigenvalue weighted by Gasteiger charge is -2.32. The smallest absolute Gasteiger partial charge is 0.227 e. The Balaban J connectivity index is 1.57. The maximum atomic E-state index is 10.8. The number of rotatable bonds is 6. The second-order valence-corrected chi connectivity index (χ2v) is 6.61. The third-order valence-electron chi connectivity index (χ3n) is 4.73. The van der Waals surface area contributed by atoms with E-state index in [-0.39, 0.29) is 0 Å². The number of anilines is 2. The number of aryl methyl sites for hydroxylation is 1. The molecule has 1 aliphatic heterocycles. The van der Waals surface area contributed by atoms with Crippen LogP contribution in [0.2, 0.25) is 0 Å². The minimum atomic E-state index is 0.734. The van der Waals surface area contributed by atoms with E-state index in [0.29, 0.717) is 0 Å². The van der Waals surface area contributed by atoms with Crippen LogP contribution >= 0.6 is 0 Å². The first kappa shape index (κ1) is 16.7. The highest BCUT2D eigenvalue weighted by Gasteiger charge is 2.18. The molecule has 1 aliphatic carbocycles. The summed E-state index contributed by atoms with van der Waals surface area (Å²) in [5.74, 6) is 1.66. The quantitative estimate of drug-likeness (QED) is 0.641. The van der Waals surface area contributed by atoms with E-state index in [9.17, 15) is 4.79 Å². The van der Waals surface area contributed by atoms with Gasteiger partial charge in [-0.2, -0.15) is 4.98 Å². The van der Waals surface area contributed by atoms with E-state index in [1.54, 1.807) is 10.5 Å². The van der Waals surface area contributed by atoms with Crippen molar-refractivity contribution in [2.24, 2.45) is 0 Å². The maximum absolute atomic E-state index is 10.8. The lowest BCUT2D eigenvalue weighted by atomic mass is 9.97. The van der Waals surface area contributed by atoms with E-state index in [2.05, 4.69) is 26.3 Å². The molecule has 0 atom stereocenters. The number of nitrogens with one attached hydrogen (secondary N) is 1. The number of nitrogens with zero attached hydrogens (tertiary/aromatic N) is 4. The topological polar surface area (TPSA) is 61.4 Å². The van der Waals surface area contributed by atoms with Gasteiger partial charge in [-0.3, -0.25) is 4.79 Å². The number of carbonyl (C=O) groups excluding carboxylic acids is 1. The van der Waals surface area contributed by atoms with Gasteiger partial charge in [0.1, 0.15) is 5.82 Å². The molecule has 1 aromatic heterocycles. The molecule has 3 rings (SSSR count). The maximum Gasteiger partial charge on any atom is 0.227 e. The summed E-state index contributed by atoms with van der Waals surface area (Å²) >= 11 is 0. The molecule has 1 aromatic rings. The van der Waals surface area contributed by atoms with Crippen LogP contribution in [0, 0.1) is 6.92 Å². The van der Waals surface area contributed by atoms with Crippen molar-refractivity contribution in [2.75, 3.05) is 42.9 Å². The molecule has 130 valence electrons. The van der Waals surface area contributed by atoms with Gasteiger partial charge in [-0.25, -0.2) is 4.98 Å². The molecule has 6 heteroatoms. The van der Waals surface area contributed by atoms with Gasteiger partial charge < -0.3 is 15.1 Å². The molecule has 1 fully saturated rings. The van der Waals surface area contributed by atoms with Crippen LogP contribution in [-0.4, -0.2) is 54.0 Å². The number of amides is 1. The van der Waals surface area contributed by atoms with E-state index in [4.69, 9.17) is 0 Å². The Hall–Kier alpha value is -2.11. The number of piperazine rings is 1. The summed E-state index contributed by atoms with van der Waals surface area (Å²) in [6, 6.07) is 2.00. The zero-order chi connectivity index (χ0) is 16.8. The van der Waals surface area contributed by atoms with E-state index in [0.717, 1.165) is 63.0 Å². The molecule has 6 nitrogen and oxygen atoms in total. The van der Waals surface area contributed by atoms with Crippen LogP contribution in [0.4, 0.5) is 11.8 Å². The van der Waals surface area contributed by atoms with Crippen molar-refractivity contribution in [1.29, 1.82) is 0 Å². The van der Waals surface area contributed by atoms with E-state index < -0.39 is 0 Å². The van der Waals surface area contributed by atoms with Gasteiger partial charge in [-0.05, 0) is 39.0 Å². The first-order chi connectivity index (χ1) is 11.7. The van der Waals surface area contributed by atoms with Crippen LogP contribution < -0.4 is 10.2 Å². The Morgan fingerprint density at radius 3 is 2.75 bits per heavy atom. The molecule has 0 saturated carbocycles. The Kier molecular flexibility index (Phi) is 5.67. The molecular formula is C18H27N5O. The van der Waals surface area contributed by atoms with Gasteiger partial charge in [0.15, 0.2) is 0 Å². The summed E-state index contributed by atoms with van der Waals surface area (Å²) in [4.78, 5) is 24.0. The van der Waals surface area contributed by atoms with Crippen molar-refractivity contribution in [1.82, 2.24) is 14.9 Å². The van der Waals surface area contributed by atoms with Gasteiger partial charge >= 0.3 is 0 Å². The molecule has 24 heavy (non-hydrogen) atoms. The molecule has 1 N–H and O–H groups in total. The third kappa shape index (κ3) is 4.46. The normalized spacial score (nSPS) is 18.3. The Bertz CT molecular complexity index is 593. The summed E-state index contributed by atoms with van der Waals surface area (Å²) in [5, 5.41) is 3.45. The fourth-order valence-corrected chi connectivity index (χ4v) is 3.30. The number of carbonyl (C=O) groups is 1. The van der Waals surface area contributed by atoms with Gasteiger partial charge in [0.05, 0.1) is 0 Å². The lowest BCUT2D eigenvalue weighted by molar-refractivity contribution is -0.118. The molecule has 0 aromatic carbocycles. The Morgan fingerprint density at radius 2 is 2.04 bits per heavy atom. The second kappa shape index (κ2) is 8.13. The molecule has 0 radical (unpaired) electrons. The highest BCUT2D eigenvalue weighted by Crippen LogP contribution is 2.20. The van der Waals surface area contributed by atoms with Crippen molar-refractivity contribution in [3.8, 4) is 0 Å². The van der Waals surface area contributed by atoms with Crippen LogP contribution in [0.3, 0.4) is 0 Å². The van der Waals surface area contributed by atoms with Crippen molar-refractivity contribution in [2.45, 2.75) is 39.0 Å². The SMILES string of the molecule is Cc1cc(NCCC2=CCCCC2)nc(N2CCN(C=O)CC2)n1. The van der Waals surface area contributed by atoms with Crippen molar-refractivity contribution >= 4 is 18.2 Å². The van der Waals surface area contributed by atoms with E-state index in [1.807, 2.05) is 13.0 Å². The van der Waals surface area contributed by atoms with E-state index in [1.165, 1.54) is 25.7 Å². The minimum absolute atomic E-state index is 0.734. The largest absolute Gasteiger partial charge is 0.370 e. The summed E-state index contributed by atoms with van der Waals surface area (Å²) in [7, 11) is 0. The second-order valence-electron chi connectivity index (χ2n) is 6.61. The Labute approximate surface area is 144 Å². The first-order valence-electron chi connectivity index (χ1n) is 8.96. The number of hydrogen-bond donors (Lipinski definition) is 1. The van der Waals surface area contributed by atoms with Crippen LogP contribution in [0.25, 0.3) is 0 Å². The molecule has 0 spiro atoms. The lowest BCUT2D eigenvalue weighted by Crippen LogP contribution is -2.46. The zero-order valence-electron chi connectivity index (χ0n) is 14.5. The van der Waals surface area contributed by atoms with Crippen LogP contribution in [0.1, 0.15) is 37.8 Å². The molecule has 1 amide bonds. The van der Waals surface area contributed by atoms with Crippen LogP contribution in [0.5, 0.6) is 0 Å². The molecule has 0 unspecified atom stereocenters. The third-order valence-corrected chi connectivity index (χ3v) is 4.73. The molecule has 2 heterocycles. The van der Waals surface area contributed by atoms with Crippen molar-refractivity contribution < 1.29 is 4.79 Å². The zero-order valence-corrected chi connectivity index (χ0v) is 14.5. The average Bonchev–Trinajstić information content (AvgIpc) is 2.62. The molecular weight excluding hydrogens is 302 g/mol. The van der Waals surface area contributed by atoms with Gasteiger partial charge in [-0.1, -0.05) is 11.6 Å². The number of allylic oxidation sites excluding steroid dienone is 1. The summed E-state index contributed by atoms with van der Waals surface area (Å²) in [6.45, 7) is 5.96. The van der Waals surface area contributed by atoms with Crippen molar-refractivity contribution in [3.63, 3.8) is 0 Å². The van der Waals surface area contributed by atoms with Gasteiger partial charge in [0.2, 0.25) is 12.4 Å². The molecule has 2 aliphatic rings. The molecule has 0 bridgehead atoms. The van der Waals surface area contributed by atoms with Crippen LogP contribution in [0.15, 0.2) is 17.7 Å². The average molecular weight is 329 g/mol. The highest BCUT2D eigenvalue weighted by molar-refractivity contribution is 5.49. The Morgan fingerprint density at radius 1 is 1.21 bits per heavy atom. The fraction of sp³-hybridized carbons (Fsp3) is 0.611. The van der Waals surface area contributed by atoms with E-state index >= 15 is 0 Å². The first-order valence-corrected chi connectivity index (χ1v) is 8.96. The molecule has 1 saturated heterocycles. The van der Waals surface area contributed by atoms with Crippen molar-refractivity contribution in [3.05, 3.63) is 23.4 Å². The summed E-state index contributed by atoms with van der Waals surface area (Å²) < 4.78 is 0. The predicted molar refractivity (Wildman–Crippen MR) is 96.3 cm³/mol. The van der Waals surface area contributed by atoms with Crippen LogP contribution in [-0.2, 0) is 4.79 Å². The van der Waals surface area contributed by atoms with Gasteiger partial charge in [-0.15, -0.1) is 0 Å². The van der Waals surface area contributed by atoms with Gasteiger partial charge in [0, 0.05) is 44.5 Å².